The molecular weight excluding hydrogens is 236 g/mol. The molecule has 0 spiro atoms. The molecule has 2 saturated heterocycles. The Kier molecular flexibility index (Phi) is 3.80. The predicted octanol–water partition coefficient (Wildman–Crippen LogP) is 0.767. The molecule has 0 aromatic rings. The normalized spacial score (nSPS) is 32.7. The van der Waals surface area contributed by atoms with Crippen LogP contribution in [0.3, 0.4) is 0 Å². The van der Waals surface area contributed by atoms with Crippen LogP contribution in [0.5, 0.6) is 0 Å². The molecule has 0 saturated carbocycles. The smallest absolute Gasteiger partial charge is 0.150 e. The first kappa shape index (κ1) is 13.3. The minimum Gasteiger partial charge on any atom is -0.329 e. The van der Waals surface area contributed by atoms with Gasteiger partial charge in [-0.3, -0.25) is 4.90 Å². The van der Waals surface area contributed by atoms with Crippen molar-refractivity contribution in [3.8, 4) is 0 Å². The van der Waals surface area contributed by atoms with Gasteiger partial charge >= 0.3 is 0 Å². The molecule has 2 N–H and O–H groups in total. The molecular formula is C12H24N2O2S. The van der Waals surface area contributed by atoms with E-state index in [-0.39, 0.29) is 5.54 Å². The van der Waals surface area contributed by atoms with Crippen LogP contribution in [0.25, 0.3) is 0 Å². The number of nitrogens with zero attached hydrogens (tertiary/aromatic N) is 1. The van der Waals surface area contributed by atoms with Gasteiger partial charge in [0.2, 0.25) is 0 Å². The molecule has 0 aromatic heterocycles. The molecule has 2 aliphatic heterocycles. The number of rotatable bonds is 3. The molecule has 2 aliphatic rings. The molecule has 5 heteroatoms. The highest BCUT2D eigenvalue weighted by Crippen LogP contribution is 2.36. The molecule has 0 radical (unpaired) electrons. The van der Waals surface area contributed by atoms with Crippen molar-refractivity contribution in [3.05, 3.63) is 0 Å². The van der Waals surface area contributed by atoms with Crippen LogP contribution in [0.2, 0.25) is 0 Å². The van der Waals surface area contributed by atoms with Crippen LogP contribution in [-0.2, 0) is 9.84 Å². The SMILES string of the molecule is CCC1CCCN1C1(CN)CCS(=O)(=O)CC1. The Hall–Kier alpha value is -0.130. The van der Waals surface area contributed by atoms with Gasteiger partial charge in [-0.05, 0) is 38.6 Å². The van der Waals surface area contributed by atoms with Crippen molar-refractivity contribution in [2.24, 2.45) is 5.73 Å². The van der Waals surface area contributed by atoms with Crippen LogP contribution in [0.1, 0.15) is 39.0 Å². The van der Waals surface area contributed by atoms with E-state index in [2.05, 4.69) is 11.8 Å². The van der Waals surface area contributed by atoms with Crippen molar-refractivity contribution in [2.45, 2.75) is 50.6 Å². The summed E-state index contributed by atoms with van der Waals surface area (Å²) in [6.07, 6.45) is 5.07. The van der Waals surface area contributed by atoms with Crippen molar-refractivity contribution in [1.29, 1.82) is 0 Å². The number of sulfone groups is 1. The average molecular weight is 260 g/mol. The van der Waals surface area contributed by atoms with Crippen LogP contribution < -0.4 is 5.73 Å². The fraction of sp³-hybridized carbons (Fsp3) is 1.00. The summed E-state index contributed by atoms with van der Waals surface area (Å²) in [7, 11) is -2.80. The molecule has 100 valence electrons. The maximum absolute atomic E-state index is 11.6. The molecule has 2 heterocycles. The fourth-order valence-corrected chi connectivity index (χ4v) is 5.00. The van der Waals surface area contributed by atoms with Gasteiger partial charge in [0, 0.05) is 18.1 Å². The second kappa shape index (κ2) is 4.86. The maximum atomic E-state index is 11.6. The highest BCUT2D eigenvalue weighted by molar-refractivity contribution is 7.91. The summed E-state index contributed by atoms with van der Waals surface area (Å²) in [5.74, 6) is 0.633. The maximum Gasteiger partial charge on any atom is 0.150 e. The Morgan fingerprint density at radius 2 is 2.00 bits per heavy atom. The van der Waals surface area contributed by atoms with E-state index in [4.69, 9.17) is 5.73 Å². The third-order valence-electron chi connectivity index (χ3n) is 4.59. The Labute approximate surface area is 104 Å². The highest BCUT2D eigenvalue weighted by atomic mass is 32.2. The van der Waals surface area contributed by atoms with Gasteiger partial charge in [0.1, 0.15) is 9.84 Å². The van der Waals surface area contributed by atoms with Gasteiger partial charge in [0.25, 0.3) is 0 Å². The van der Waals surface area contributed by atoms with Gasteiger partial charge in [0.05, 0.1) is 11.5 Å². The summed E-state index contributed by atoms with van der Waals surface area (Å²) in [4.78, 5) is 2.52. The predicted molar refractivity (Wildman–Crippen MR) is 69.7 cm³/mol. The van der Waals surface area contributed by atoms with Gasteiger partial charge in [-0.2, -0.15) is 0 Å². The van der Waals surface area contributed by atoms with Gasteiger partial charge in [-0.25, -0.2) is 8.42 Å². The van der Waals surface area contributed by atoms with E-state index in [0.29, 0.717) is 24.1 Å². The number of nitrogens with two attached hydrogens (primary N) is 1. The van der Waals surface area contributed by atoms with E-state index in [1.807, 2.05) is 0 Å². The molecule has 17 heavy (non-hydrogen) atoms. The lowest BCUT2D eigenvalue weighted by Gasteiger charge is -2.46. The third kappa shape index (κ3) is 2.51. The number of hydrogen-bond donors (Lipinski definition) is 1. The topological polar surface area (TPSA) is 63.4 Å². The molecule has 0 amide bonds. The fourth-order valence-electron chi connectivity index (χ4n) is 3.41. The number of likely N-dealkylation sites (tertiary alicyclic amines) is 1. The largest absolute Gasteiger partial charge is 0.329 e. The monoisotopic (exact) mass is 260 g/mol. The van der Waals surface area contributed by atoms with Crippen LogP contribution in [0, 0.1) is 0 Å². The number of hydrogen-bond acceptors (Lipinski definition) is 4. The van der Waals surface area contributed by atoms with Gasteiger partial charge in [0.15, 0.2) is 0 Å². The Bertz CT molecular complexity index is 353. The minimum atomic E-state index is -2.80. The summed E-state index contributed by atoms with van der Waals surface area (Å²) >= 11 is 0. The first-order valence-electron chi connectivity index (χ1n) is 6.70. The summed E-state index contributed by atoms with van der Waals surface area (Å²) in [6, 6.07) is 0.611. The lowest BCUT2D eigenvalue weighted by atomic mass is 9.89. The zero-order valence-electron chi connectivity index (χ0n) is 10.7. The minimum absolute atomic E-state index is 0.0392. The quantitative estimate of drug-likeness (QED) is 0.814. The van der Waals surface area contributed by atoms with E-state index in [9.17, 15) is 8.42 Å². The average Bonchev–Trinajstić information content (AvgIpc) is 2.79. The summed E-state index contributed by atoms with van der Waals surface area (Å²) in [5, 5.41) is 0. The summed E-state index contributed by atoms with van der Waals surface area (Å²) in [6.45, 7) is 3.90. The van der Waals surface area contributed by atoms with E-state index >= 15 is 0 Å². The van der Waals surface area contributed by atoms with Crippen molar-refractivity contribution in [1.82, 2.24) is 4.90 Å². The van der Waals surface area contributed by atoms with Gasteiger partial charge in [-0.15, -0.1) is 0 Å². The zero-order valence-corrected chi connectivity index (χ0v) is 11.5. The Balaban J connectivity index is 2.15. The van der Waals surface area contributed by atoms with Crippen molar-refractivity contribution >= 4 is 9.84 Å². The second-order valence-corrected chi connectivity index (χ2v) is 7.78. The van der Waals surface area contributed by atoms with Crippen LogP contribution in [0.15, 0.2) is 0 Å². The molecule has 1 unspecified atom stereocenters. The highest BCUT2D eigenvalue weighted by Gasteiger charge is 2.44. The van der Waals surface area contributed by atoms with E-state index in [1.54, 1.807) is 0 Å². The molecule has 0 aromatic carbocycles. The lowest BCUT2D eigenvalue weighted by Crippen LogP contribution is -2.59. The molecule has 2 rings (SSSR count). The first-order valence-corrected chi connectivity index (χ1v) is 8.52. The van der Waals surface area contributed by atoms with Crippen LogP contribution in [-0.4, -0.2) is 49.5 Å². The van der Waals surface area contributed by atoms with Crippen LogP contribution >= 0.6 is 0 Å². The molecule has 0 aliphatic carbocycles. The van der Waals surface area contributed by atoms with E-state index < -0.39 is 9.84 Å². The Morgan fingerprint density at radius 1 is 1.35 bits per heavy atom. The summed E-state index contributed by atoms with van der Waals surface area (Å²) < 4.78 is 23.1. The summed E-state index contributed by atoms with van der Waals surface area (Å²) in [5.41, 5.74) is 5.95. The first-order chi connectivity index (χ1) is 8.03. The van der Waals surface area contributed by atoms with Crippen molar-refractivity contribution in [2.75, 3.05) is 24.6 Å². The third-order valence-corrected chi connectivity index (χ3v) is 6.25. The van der Waals surface area contributed by atoms with E-state index in [0.717, 1.165) is 25.8 Å². The van der Waals surface area contributed by atoms with Crippen molar-refractivity contribution < 1.29 is 8.42 Å². The van der Waals surface area contributed by atoms with Crippen molar-refractivity contribution in [3.63, 3.8) is 0 Å². The van der Waals surface area contributed by atoms with Gasteiger partial charge in [-0.1, -0.05) is 6.92 Å². The molecule has 0 bridgehead atoms. The zero-order chi connectivity index (χ0) is 12.5. The second-order valence-electron chi connectivity index (χ2n) is 5.48. The lowest BCUT2D eigenvalue weighted by molar-refractivity contribution is 0.0682. The molecule has 4 nitrogen and oxygen atoms in total. The van der Waals surface area contributed by atoms with E-state index in [1.165, 1.54) is 12.8 Å². The standard InChI is InChI=1S/C12H24N2O2S/c1-2-11-4-3-7-14(11)12(10-13)5-8-17(15,16)9-6-12/h11H,2-10,13H2,1H3. The van der Waals surface area contributed by atoms with Crippen LogP contribution in [0.4, 0.5) is 0 Å². The van der Waals surface area contributed by atoms with Gasteiger partial charge < -0.3 is 5.73 Å². The molecule has 2 fully saturated rings. The Morgan fingerprint density at radius 3 is 2.53 bits per heavy atom. The molecule has 1 atom stereocenters.